The van der Waals surface area contributed by atoms with Crippen LogP contribution in [0.3, 0.4) is 0 Å². The van der Waals surface area contributed by atoms with Crippen molar-refractivity contribution in [1.29, 1.82) is 0 Å². The van der Waals surface area contributed by atoms with E-state index in [2.05, 4.69) is 16.4 Å². The highest BCUT2D eigenvalue weighted by molar-refractivity contribution is 7.22. The van der Waals surface area contributed by atoms with Crippen molar-refractivity contribution in [3.8, 4) is 11.1 Å². The van der Waals surface area contributed by atoms with Crippen LogP contribution in [0, 0.1) is 20.8 Å². The average molecular weight is 431 g/mol. The van der Waals surface area contributed by atoms with Crippen molar-refractivity contribution >= 4 is 38.6 Å². The molecule has 1 N–H and O–H groups in total. The summed E-state index contributed by atoms with van der Waals surface area (Å²) in [6.07, 6.45) is 0. The molecule has 0 aliphatic carbocycles. The molecule has 0 bridgehead atoms. The van der Waals surface area contributed by atoms with Crippen molar-refractivity contribution in [2.75, 3.05) is 11.9 Å². The number of amides is 1. The molecule has 0 radical (unpaired) electrons. The Bertz CT molecular complexity index is 1280. The molecule has 4 aromatic rings. The molecule has 0 saturated carbocycles. The first-order chi connectivity index (χ1) is 14.9. The highest BCUT2D eigenvalue weighted by Gasteiger charge is 2.16. The number of aryl methyl sites for hydroxylation is 3. The van der Waals surface area contributed by atoms with Crippen LogP contribution >= 0.6 is 11.3 Å². The summed E-state index contributed by atoms with van der Waals surface area (Å²) in [5.74, 6) is -0.961. The summed E-state index contributed by atoms with van der Waals surface area (Å²) >= 11 is 1.40. The van der Waals surface area contributed by atoms with E-state index in [1.165, 1.54) is 11.3 Å². The van der Waals surface area contributed by atoms with E-state index < -0.39 is 11.9 Å². The van der Waals surface area contributed by atoms with Crippen LogP contribution in [0.15, 0.2) is 60.7 Å². The number of esters is 1. The van der Waals surface area contributed by atoms with Gasteiger partial charge in [0.1, 0.15) is 0 Å². The Kier molecular flexibility index (Phi) is 5.82. The lowest BCUT2D eigenvalue weighted by Gasteiger charge is -2.10. The van der Waals surface area contributed by atoms with E-state index in [-0.39, 0.29) is 6.61 Å². The first-order valence-electron chi connectivity index (χ1n) is 9.91. The molecule has 0 unspecified atom stereocenters. The summed E-state index contributed by atoms with van der Waals surface area (Å²) < 4.78 is 6.30. The predicted molar refractivity (Wildman–Crippen MR) is 125 cm³/mol. The second kappa shape index (κ2) is 8.70. The van der Waals surface area contributed by atoms with E-state index in [0.29, 0.717) is 10.7 Å². The number of hydrogen-bond acceptors (Lipinski definition) is 5. The third-order valence-electron chi connectivity index (χ3n) is 4.92. The van der Waals surface area contributed by atoms with E-state index >= 15 is 0 Å². The lowest BCUT2D eigenvalue weighted by molar-refractivity contribution is -0.119. The van der Waals surface area contributed by atoms with Gasteiger partial charge in [0, 0.05) is 0 Å². The fourth-order valence-corrected chi connectivity index (χ4v) is 4.49. The average Bonchev–Trinajstić information content (AvgIpc) is 3.15. The third-order valence-corrected chi connectivity index (χ3v) is 5.84. The summed E-state index contributed by atoms with van der Waals surface area (Å²) in [6, 6.07) is 19.2. The minimum absolute atomic E-state index is 0.380. The van der Waals surface area contributed by atoms with Gasteiger partial charge in [-0.3, -0.25) is 10.1 Å². The number of thiazole rings is 1. The first-order valence-corrected chi connectivity index (χ1v) is 10.7. The van der Waals surface area contributed by atoms with Gasteiger partial charge in [0.15, 0.2) is 11.7 Å². The van der Waals surface area contributed by atoms with Crippen molar-refractivity contribution in [3.63, 3.8) is 0 Å². The largest absolute Gasteiger partial charge is 0.452 e. The molecule has 1 aromatic heterocycles. The van der Waals surface area contributed by atoms with E-state index in [4.69, 9.17) is 4.74 Å². The molecule has 156 valence electrons. The maximum Gasteiger partial charge on any atom is 0.339 e. The van der Waals surface area contributed by atoms with E-state index in [1.807, 2.05) is 63.2 Å². The normalized spacial score (nSPS) is 10.8. The predicted octanol–water partition coefficient (Wildman–Crippen LogP) is 5.68. The van der Waals surface area contributed by atoms with Crippen LogP contribution in [0.4, 0.5) is 5.13 Å². The van der Waals surface area contributed by atoms with Gasteiger partial charge >= 0.3 is 5.97 Å². The number of ether oxygens (including phenoxy) is 1. The SMILES string of the molecule is Cc1ccc(-c2ccccc2C(=O)OCC(=O)Nc2nc3c(C)cc(C)cc3s2)cc1. The van der Waals surface area contributed by atoms with Crippen LogP contribution in [0.1, 0.15) is 27.0 Å². The zero-order valence-electron chi connectivity index (χ0n) is 17.6. The topological polar surface area (TPSA) is 68.3 Å². The fraction of sp³-hybridized carbons (Fsp3) is 0.160. The minimum atomic E-state index is -0.540. The van der Waals surface area contributed by atoms with Crippen LogP contribution < -0.4 is 5.32 Å². The Balaban J connectivity index is 1.44. The molecule has 0 aliphatic heterocycles. The van der Waals surface area contributed by atoms with Gasteiger partial charge in [0.05, 0.1) is 15.8 Å². The number of anilines is 1. The second-order valence-corrected chi connectivity index (χ2v) is 8.51. The highest BCUT2D eigenvalue weighted by atomic mass is 32.1. The third kappa shape index (κ3) is 4.64. The molecular weight excluding hydrogens is 408 g/mol. The van der Waals surface area contributed by atoms with Crippen LogP contribution in [0.25, 0.3) is 21.3 Å². The van der Waals surface area contributed by atoms with Crippen LogP contribution in [0.2, 0.25) is 0 Å². The van der Waals surface area contributed by atoms with Crippen molar-refractivity contribution in [2.24, 2.45) is 0 Å². The maximum atomic E-state index is 12.7. The zero-order chi connectivity index (χ0) is 22.0. The molecule has 3 aromatic carbocycles. The second-order valence-electron chi connectivity index (χ2n) is 7.48. The van der Waals surface area contributed by atoms with Gasteiger partial charge in [-0.15, -0.1) is 0 Å². The minimum Gasteiger partial charge on any atom is -0.452 e. The summed E-state index contributed by atoms with van der Waals surface area (Å²) in [7, 11) is 0. The monoisotopic (exact) mass is 430 g/mol. The molecule has 0 fully saturated rings. The number of aromatic nitrogens is 1. The Morgan fingerprint density at radius 2 is 1.71 bits per heavy atom. The molecule has 1 heterocycles. The van der Waals surface area contributed by atoms with Crippen molar-refractivity contribution < 1.29 is 14.3 Å². The van der Waals surface area contributed by atoms with Crippen molar-refractivity contribution in [3.05, 3.63) is 82.9 Å². The van der Waals surface area contributed by atoms with E-state index in [1.54, 1.807) is 12.1 Å². The number of fused-ring (bicyclic) bond motifs is 1. The molecule has 0 atom stereocenters. The number of carbonyl (C=O) groups excluding carboxylic acids is 2. The van der Waals surface area contributed by atoms with Crippen LogP contribution in [0.5, 0.6) is 0 Å². The van der Waals surface area contributed by atoms with Gasteiger partial charge in [-0.2, -0.15) is 0 Å². The van der Waals surface area contributed by atoms with Gasteiger partial charge < -0.3 is 4.74 Å². The van der Waals surface area contributed by atoms with Crippen molar-refractivity contribution in [1.82, 2.24) is 4.98 Å². The van der Waals surface area contributed by atoms with Crippen molar-refractivity contribution in [2.45, 2.75) is 20.8 Å². The van der Waals surface area contributed by atoms with Gasteiger partial charge in [0.2, 0.25) is 0 Å². The Morgan fingerprint density at radius 3 is 2.48 bits per heavy atom. The standard InChI is InChI=1S/C25H22N2O3S/c1-15-8-10-18(11-9-15)19-6-4-5-7-20(19)24(29)30-14-22(28)26-25-27-23-17(3)12-16(2)13-21(23)31-25/h4-13H,14H2,1-3H3,(H,26,27,28). The van der Waals surface area contributed by atoms with E-state index in [9.17, 15) is 9.59 Å². The van der Waals surface area contributed by atoms with Crippen LogP contribution in [-0.2, 0) is 9.53 Å². The molecule has 5 nitrogen and oxygen atoms in total. The van der Waals surface area contributed by atoms with Gasteiger partial charge in [-0.1, -0.05) is 65.4 Å². The Hall–Kier alpha value is -3.51. The number of carbonyl (C=O) groups is 2. The molecule has 4 rings (SSSR count). The molecular formula is C25H22N2O3S. The lowest BCUT2D eigenvalue weighted by Crippen LogP contribution is -2.21. The van der Waals surface area contributed by atoms with E-state index in [0.717, 1.165) is 38.0 Å². The molecule has 0 spiro atoms. The Labute approximate surface area is 184 Å². The van der Waals surface area contributed by atoms with Gasteiger partial charge in [-0.05, 0) is 55.2 Å². The molecule has 6 heteroatoms. The van der Waals surface area contributed by atoms with Gasteiger partial charge in [-0.25, -0.2) is 9.78 Å². The molecule has 0 aliphatic rings. The fourth-order valence-electron chi connectivity index (χ4n) is 3.43. The zero-order valence-corrected chi connectivity index (χ0v) is 18.4. The highest BCUT2D eigenvalue weighted by Crippen LogP contribution is 2.29. The number of rotatable bonds is 5. The number of benzene rings is 3. The number of nitrogens with one attached hydrogen (secondary N) is 1. The quantitative estimate of drug-likeness (QED) is 0.413. The smallest absolute Gasteiger partial charge is 0.339 e. The summed E-state index contributed by atoms with van der Waals surface area (Å²) in [5, 5.41) is 3.22. The van der Waals surface area contributed by atoms with Gasteiger partial charge in [0.25, 0.3) is 5.91 Å². The summed E-state index contributed by atoms with van der Waals surface area (Å²) in [4.78, 5) is 29.5. The number of nitrogens with zero attached hydrogens (tertiary/aromatic N) is 1. The summed E-state index contributed by atoms with van der Waals surface area (Å²) in [6.45, 7) is 5.65. The number of hydrogen-bond donors (Lipinski definition) is 1. The Morgan fingerprint density at radius 1 is 0.968 bits per heavy atom. The molecule has 31 heavy (non-hydrogen) atoms. The molecule has 0 saturated heterocycles. The van der Waals surface area contributed by atoms with Crippen LogP contribution in [-0.4, -0.2) is 23.5 Å². The first kappa shape index (κ1) is 20.8. The summed E-state index contributed by atoms with van der Waals surface area (Å²) in [5.41, 5.74) is 6.33. The maximum absolute atomic E-state index is 12.7. The molecule has 1 amide bonds. The lowest BCUT2D eigenvalue weighted by atomic mass is 9.99.